The Labute approximate surface area is 184 Å². The highest BCUT2D eigenvalue weighted by atomic mass is 32.1. The predicted molar refractivity (Wildman–Crippen MR) is 125 cm³/mol. The molecule has 154 valence electrons. The molecular formula is C26H22N2O2S. The fourth-order valence-electron chi connectivity index (χ4n) is 5.34. The molecule has 2 aliphatic heterocycles. The number of rotatable bonds is 2. The Morgan fingerprint density at radius 1 is 0.903 bits per heavy atom. The van der Waals surface area contributed by atoms with E-state index in [0.717, 1.165) is 34.7 Å². The smallest absolute Gasteiger partial charge is 0.263 e. The summed E-state index contributed by atoms with van der Waals surface area (Å²) in [7, 11) is 0. The number of benzene rings is 2. The fourth-order valence-corrected chi connectivity index (χ4v) is 6.03. The third kappa shape index (κ3) is 3.12. The molecule has 2 aromatic heterocycles. The number of aromatic nitrogens is 1. The summed E-state index contributed by atoms with van der Waals surface area (Å²) in [6.07, 6.45) is 1.03. The highest BCUT2D eigenvalue weighted by Crippen LogP contribution is 2.40. The molecule has 4 aromatic rings. The summed E-state index contributed by atoms with van der Waals surface area (Å²) in [5, 5.41) is 4.35. The Bertz CT molecular complexity index is 1360. The second-order valence-electron chi connectivity index (χ2n) is 8.63. The number of piperidine rings is 1. The van der Waals surface area contributed by atoms with Gasteiger partial charge in [-0.25, -0.2) is 0 Å². The number of carbonyl (C=O) groups excluding carboxylic acids is 1. The van der Waals surface area contributed by atoms with Gasteiger partial charge in [0.1, 0.15) is 0 Å². The minimum Gasteiger partial charge on any atom is -0.337 e. The zero-order chi connectivity index (χ0) is 20.9. The lowest BCUT2D eigenvalue weighted by molar-refractivity contribution is 0.0600. The van der Waals surface area contributed by atoms with Gasteiger partial charge in [-0.1, -0.05) is 42.5 Å². The first-order valence-corrected chi connectivity index (χ1v) is 11.6. The van der Waals surface area contributed by atoms with Crippen molar-refractivity contribution in [2.24, 2.45) is 5.92 Å². The Kier molecular flexibility index (Phi) is 4.32. The molecule has 0 spiro atoms. The number of hydrogen-bond donors (Lipinski definition) is 0. The number of thiophene rings is 1. The molecule has 4 nitrogen and oxygen atoms in total. The number of pyridine rings is 1. The van der Waals surface area contributed by atoms with Gasteiger partial charge in [-0.15, -0.1) is 11.3 Å². The molecule has 6 rings (SSSR count). The van der Waals surface area contributed by atoms with E-state index < -0.39 is 0 Å². The maximum atomic E-state index is 13.0. The first kappa shape index (κ1) is 18.6. The van der Waals surface area contributed by atoms with Gasteiger partial charge >= 0.3 is 0 Å². The number of carbonyl (C=O) groups is 1. The van der Waals surface area contributed by atoms with Gasteiger partial charge in [0, 0.05) is 42.9 Å². The summed E-state index contributed by atoms with van der Waals surface area (Å²) in [6.45, 7) is 2.07. The molecule has 2 atom stereocenters. The van der Waals surface area contributed by atoms with Gasteiger partial charge in [-0.2, -0.15) is 0 Å². The van der Waals surface area contributed by atoms with Crippen LogP contribution in [-0.4, -0.2) is 28.5 Å². The predicted octanol–water partition coefficient (Wildman–Crippen LogP) is 4.99. The van der Waals surface area contributed by atoms with Gasteiger partial charge in [0.15, 0.2) is 0 Å². The minimum absolute atomic E-state index is 0.0623. The monoisotopic (exact) mass is 426 g/mol. The van der Waals surface area contributed by atoms with Crippen LogP contribution in [0.2, 0.25) is 0 Å². The van der Waals surface area contributed by atoms with Gasteiger partial charge in [0.25, 0.3) is 11.5 Å². The fraction of sp³-hybridized carbons (Fsp3) is 0.231. The quantitative estimate of drug-likeness (QED) is 0.453. The third-order valence-corrected chi connectivity index (χ3v) is 7.53. The van der Waals surface area contributed by atoms with Crippen molar-refractivity contribution in [1.29, 1.82) is 0 Å². The van der Waals surface area contributed by atoms with Crippen LogP contribution in [0.5, 0.6) is 0 Å². The van der Waals surface area contributed by atoms with E-state index in [9.17, 15) is 9.59 Å². The largest absolute Gasteiger partial charge is 0.337 e. The average molecular weight is 427 g/mol. The van der Waals surface area contributed by atoms with Crippen LogP contribution in [0.1, 0.15) is 27.7 Å². The van der Waals surface area contributed by atoms with E-state index in [2.05, 4.69) is 36.4 Å². The lowest BCUT2D eigenvalue weighted by atomic mass is 9.80. The SMILES string of the molecule is O=C(c1cccs1)N1CC2CC(C1)c1c(-c3ccc4ccccc4c3)ccc(=O)n1C2. The number of likely N-dealkylation sites (tertiary alicyclic amines) is 1. The van der Waals surface area contributed by atoms with Crippen molar-refractivity contribution in [3.05, 3.63) is 93.0 Å². The van der Waals surface area contributed by atoms with Crippen molar-refractivity contribution in [2.75, 3.05) is 13.1 Å². The van der Waals surface area contributed by atoms with E-state index in [1.165, 1.54) is 22.1 Å². The van der Waals surface area contributed by atoms with Crippen molar-refractivity contribution in [1.82, 2.24) is 9.47 Å². The summed E-state index contributed by atoms with van der Waals surface area (Å²) in [4.78, 5) is 28.6. The average Bonchev–Trinajstić information content (AvgIpc) is 3.34. The molecule has 5 heteroatoms. The highest BCUT2D eigenvalue weighted by Gasteiger charge is 2.38. The first-order valence-electron chi connectivity index (χ1n) is 10.7. The maximum absolute atomic E-state index is 13.0. The number of nitrogens with zero attached hydrogens (tertiary/aromatic N) is 2. The van der Waals surface area contributed by atoms with Crippen LogP contribution >= 0.6 is 11.3 Å². The molecule has 0 N–H and O–H groups in total. The Morgan fingerprint density at radius 2 is 1.77 bits per heavy atom. The summed E-state index contributed by atoms with van der Waals surface area (Å²) in [5.74, 6) is 0.607. The zero-order valence-electron chi connectivity index (χ0n) is 17.0. The number of hydrogen-bond acceptors (Lipinski definition) is 3. The topological polar surface area (TPSA) is 42.3 Å². The molecule has 2 unspecified atom stereocenters. The van der Waals surface area contributed by atoms with Crippen molar-refractivity contribution >= 4 is 28.0 Å². The molecule has 2 aliphatic rings. The van der Waals surface area contributed by atoms with E-state index in [-0.39, 0.29) is 17.4 Å². The van der Waals surface area contributed by atoms with Gasteiger partial charge in [-0.3, -0.25) is 9.59 Å². The van der Waals surface area contributed by atoms with Crippen LogP contribution in [0, 0.1) is 5.92 Å². The van der Waals surface area contributed by atoms with E-state index >= 15 is 0 Å². The summed E-state index contributed by atoms with van der Waals surface area (Å²) in [6, 6.07) is 22.3. The van der Waals surface area contributed by atoms with Crippen LogP contribution in [0.25, 0.3) is 21.9 Å². The molecule has 1 amide bonds. The van der Waals surface area contributed by atoms with Gasteiger partial charge in [0.2, 0.25) is 0 Å². The van der Waals surface area contributed by atoms with Crippen LogP contribution in [0.15, 0.2) is 76.9 Å². The Balaban J connectivity index is 1.44. The molecular weight excluding hydrogens is 404 g/mol. The van der Waals surface area contributed by atoms with E-state index in [0.29, 0.717) is 19.0 Å². The van der Waals surface area contributed by atoms with Gasteiger partial charge in [-0.05, 0) is 52.3 Å². The molecule has 1 saturated heterocycles. The van der Waals surface area contributed by atoms with E-state index in [1.807, 2.05) is 39.1 Å². The zero-order valence-corrected chi connectivity index (χ0v) is 17.8. The summed E-state index contributed by atoms with van der Waals surface area (Å²) >= 11 is 1.50. The molecule has 1 fully saturated rings. The van der Waals surface area contributed by atoms with E-state index in [1.54, 1.807) is 6.07 Å². The molecule has 2 aromatic carbocycles. The first-order chi connectivity index (χ1) is 15.2. The highest BCUT2D eigenvalue weighted by molar-refractivity contribution is 7.12. The molecule has 31 heavy (non-hydrogen) atoms. The standard InChI is InChI=1S/C26H22N2O2S/c29-24-10-9-22(20-8-7-18-4-1-2-5-19(18)13-20)25-21-12-17(15-28(24)25)14-27(16-21)26(30)23-6-3-11-31-23/h1-11,13,17,21H,12,14-16H2. The lowest BCUT2D eigenvalue weighted by Gasteiger charge is -2.43. The molecule has 0 aliphatic carbocycles. The second-order valence-corrected chi connectivity index (χ2v) is 9.58. The minimum atomic E-state index is 0.0623. The normalized spacial score (nSPS) is 19.9. The van der Waals surface area contributed by atoms with Crippen LogP contribution in [0.4, 0.5) is 0 Å². The van der Waals surface area contributed by atoms with Crippen molar-refractivity contribution in [2.45, 2.75) is 18.9 Å². The second kappa shape index (κ2) is 7.20. The van der Waals surface area contributed by atoms with Gasteiger partial charge in [0.05, 0.1) is 4.88 Å². The summed E-state index contributed by atoms with van der Waals surface area (Å²) < 4.78 is 1.97. The lowest BCUT2D eigenvalue weighted by Crippen LogP contribution is -2.49. The van der Waals surface area contributed by atoms with Crippen molar-refractivity contribution in [3.63, 3.8) is 0 Å². The summed E-state index contributed by atoms with van der Waals surface area (Å²) in [5.41, 5.74) is 3.39. The maximum Gasteiger partial charge on any atom is 0.263 e. The molecule has 4 heterocycles. The van der Waals surface area contributed by atoms with Crippen LogP contribution in [0.3, 0.4) is 0 Å². The Morgan fingerprint density at radius 3 is 2.61 bits per heavy atom. The molecule has 0 radical (unpaired) electrons. The van der Waals surface area contributed by atoms with Crippen LogP contribution < -0.4 is 5.56 Å². The van der Waals surface area contributed by atoms with Crippen LogP contribution in [-0.2, 0) is 6.54 Å². The Hall–Kier alpha value is -3.18. The molecule has 2 bridgehead atoms. The molecule has 0 saturated carbocycles. The third-order valence-electron chi connectivity index (χ3n) is 6.67. The van der Waals surface area contributed by atoms with E-state index in [4.69, 9.17) is 0 Å². The van der Waals surface area contributed by atoms with Crippen molar-refractivity contribution < 1.29 is 4.79 Å². The van der Waals surface area contributed by atoms with Gasteiger partial charge < -0.3 is 9.47 Å². The number of fused-ring (bicyclic) bond motifs is 5. The van der Waals surface area contributed by atoms with Crippen molar-refractivity contribution in [3.8, 4) is 11.1 Å². The number of amides is 1.